The largest absolute Gasteiger partial charge is 0.313 e. The molecule has 21 heavy (non-hydrogen) atoms. The van der Waals surface area contributed by atoms with Gasteiger partial charge < -0.3 is 5.32 Å². The average Bonchev–Trinajstić information content (AvgIpc) is 2.45. The Balaban J connectivity index is 3.24. The molecule has 0 aliphatic heterocycles. The lowest BCUT2D eigenvalue weighted by atomic mass is 10.0. The predicted molar refractivity (Wildman–Crippen MR) is 87.9 cm³/mol. The second-order valence-electron chi connectivity index (χ2n) is 6.02. The molecular formula is C16H28N2O2S. The molecule has 5 heteroatoms. The molecular weight excluding hydrogens is 284 g/mol. The summed E-state index contributed by atoms with van der Waals surface area (Å²) in [4.78, 5) is 0.405. The van der Waals surface area contributed by atoms with Crippen molar-refractivity contribution in [1.29, 1.82) is 0 Å². The molecule has 0 saturated carbocycles. The molecule has 0 heterocycles. The zero-order chi connectivity index (χ0) is 16.3. The zero-order valence-electron chi connectivity index (χ0n) is 14.0. The Labute approximate surface area is 129 Å². The van der Waals surface area contributed by atoms with E-state index in [1.807, 2.05) is 46.8 Å². The number of aryl methyl sites for hydroxylation is 1. The van der Waals surface area contributed by atoms with Crippen molar-refractivity contribution in [3.63, 3.8) is 0 Å². The van der Waals surface area contributed by atoms with Crippen LogP contribution in [0.2, 0.25) is 0 Å². The van der Waals surface area contributed by atoms with E-state index >= 15 is 0 Å². The van der Waals surface area contributed by atoms with Crippen LogP contribution in [0.5, 0.6) is 0 Å². The number of rotatable bonds is 7. The minimum absolute atomic E-state index is 0.400. The number of nitrogens with one attached hydrogen (secondary N) is 1. The Morgan fingerprint density at radius 3 is 2.38 bits per heavy atom. The summed E-state index contributed by atoms with van der Waals surface area (Å²) in [6.07, 6.45) is 0.763. The van der Waals surface area contributed by atoms with E-state index in [-0.39, 0.29) is 0 Å². The highest BCUT2D eigenvalue weighted by Crippen LogP contribution is 2.27. The Morgan fingerprint density at radius 1 is 1.24 bits per heavy atom. The summed E-state index contributed by atoms with van der Waals surface area (Å²) in [5.74, 6) is 0. The molecule has 120 valence electrons. The Kier molecular flexibility index (Phi) is 5.96. The molecule has 0 bridgehead atoms. The maximum Gasteiger partial charge on any atom is 0.243 e. The van der Waals surface area contributed by atoms with Gasteiger partial charge in [0.2, 0.25) is 10.0 Å². The summed E-state index contributed by atoms with van der Waals surface area (Å²) in [5, 5.41) is 3.22. The van der Waals surface area contributed by atoms with Crippen LogP contribution in [0.15, 0.2) is 23.1 Å². The number of nitrogens with zero attached hydrogens (tertiary/aromatic N) is 1. The van der Waals surface area contributed by atoms with E-state index in [1.54, 1.807) is 13.1 Å². The fraction of sp³-hybridized carbons (Fsp3) is 0.625. The Hall–Kier alpha value is -0.910. The normalized spacial score (nSPS) is 12.9. The SMILES string of the molecule is CCNCc1ccc(C)c(S(=O)(=O)N(C)C(C)(C)CC)c1. The van der Waals surface area contributed by atoms with Crippen molar-refractivity contribution in [3.05, 3.63) is 29.3 Å². The molecule has 0 atom stereocenters. The molecule has 1 aromatic rings. The highest BCUT2D eigenvalue weighted by molar-refractivity contribution is 7.89. The van der Waals surface area contributed by atoms with Crippen LogP contribution in [-0.2, 0) is 16.6 Å². The fourth-order valence-electron chi connectivity index (χ4n) is 2.00. The maximum atomic E-state index is 12.9. The van der Waals surface area contributed by atoms with Crippen LogP contribution in [-0.4, -0.2) is 31.9 Å². The topological polar surface area (TPSA) is 49.4 Å². The van der Waals surface area contributed by atoms with Crippen molar-refractivity contribution in [2.24, 2.45) is 0 Å². The van der Waals surface area contributed by atoms with Gasteiger partial charge in [-0.3, -0.25) is 0 Å². The van der Waals surface area contributed by atoms with Crippen molar-refractivity contribution in [2.75, 3.05) is 13.6 Å². The molecule has 1 N–H and O–H groups in total. The molecule has 0 aliphatic rings. The first-order chi connectivity index (χ1) is 9.66. The quantitative estimate of drug-likeness (QED) is 0.842. The van der Waals surface area contributed by atoms with Gasteiger partial charge in [-0.1, -0.05) is 26.0 Å². The smallest absolute Gasteiger partial charge is 0.243 e. The van der Waals surface area contributed by atoms with E-state index in [0.717, 1.165) is 24.1 Å². The summed E-state index contributed by atoms with van der Waals surface area (Å²) in [6, 6.07) is 5.64. The van der Waals surface area contributed by atoms with Crippen LogP contribution in [0.4, 0.5) is 0 Å². The first-order valence-corrected chi connectivity index (χ1v) is 8.90. The molecule has 0 amide bonds. The highest BCUT2D eigenvalue weighted by atomic mass is 32.2. The predicted octanol–water partition coefficient (Wildman–Crippen LogP) is 2.91. The Bertz CT molecular complexity index is 580. The minimum Gasteiger partial charge on any atom is -0.313 e. The summed E-state index contributed by atoms with van der Waals surface area (Å²) >= 11 is 0. The minimum atomic E-state index is -3.48. The molecule has 0 aliphatic carbocycles. The lowest BCUT2D eigenvalue weighted by Gasteiger charge is -2.34. The van der Waals surface area contributed by atoms with Crippen LogP contribution in [0.1, 0.15) is 45.2 Å². The zero-order valence-corrected chi connectivity index (χ0v) is 14.8. The Morgan fingerprint density at radius 2 is 1.86 bits per heavy atom. The van der Waals surface area contributed by atoms with E-state index in [1.165, 1.54) is 4.31 Å². The van der Waals surface area contributed by atoms with Crippen molar-refractivity contribution in [3.8, 4) is 0 Å². The molecule has 4 nitrogen and oxygen atoms in total. The van der Waals surface area contributed by atoms with Crippen molar-refractivity contribution in [1.82, 2.24) is 9.62 Å². The van der Waals surface area contributed by atoms with Gasteiger partial charge in [0.1, 0.15) is 0 Å². The van der Waals surface area contributed by atoms with Gasteiger partial charge in [0.05, 0.1) is 4.90 Å². The van der Waals surface area contributed by atoms with Gasteiger partial charge >= 0.3 is 0 Å². The average molecular weight is 312 g/mol. The third-order valence-corrected chi connectivity index (χ3v) is 6.40. The molecule has 0 saturated heterocycles. The van der Waals surface area contributed by atoms with E-state index in [9.17, 15) is 8.42 Å². The molecule has 0 spiro atoms. The third kappa shape index (κ3) is 4.05. The lowest BCUT2D eigenvalue weighted by Crippen LogP contribution is -2.44. The number of sulfonamides is 1. The van der Waals surface area contributed by atoms with Gasteiger partial charge in [-0.15, -0.1) is 0 Å². The van der Waals surface area contributed by atoms with E-state index in [2.05, 4.69) is 5.32 Å². The fourth-order valence-corrected chi connectivity index (χ4v) is 3.85. The van der Waals surface area contributed by atoms with Crippen molar-refractivity contribution in [2.45, 2.75) is 58.0 Å². The molecule has 0 aromatic heterocycles. The maximum absolute atomic E-state index is 12.9. The van der Waals surface area contributed by atoms with Crippen LogP contribution in [0.3, 0.4) is 0 Å². The first kappa shape index (κ1) is 18.1. The summed E-state index contributed by atoms with van der Waals surface area (Å²) < 4.78 is 27.3. The molecule has 0 radical (unpaired) electrons. The van der Waals surface area contributed by atoms with Crippen LogP contribution in [0.25, 0.3) is 0 Å². The number of hydrogen-bond donors (Lipinski definition) is 1. The highest BCUT2D eigenvalue weighted by Gasteiger charge is 2.33. The standard InChI is InChI=1S/C16H28N2O2S/c1-7-16(4,5)18(6)21(19,20)15-11-14(12-17-8-2)10-9-13(15)3/h9-11,17H,7-8,12H2,1-6H3. The van der Waals surface area contributed by atoms with Gasteiger partial charge in [0, 0.05) is 19.1 Å². The van der Waals surface area contributed by atoms with Crippen LogP contribution in [0, 0.1) is 6.92 Å². The third-order valence-electron chi connectivity index (χ3n) is 4.19. The summed E-state index contributed by atoms with van der Waals surface area (Å²) in [7, 11) is -1.82. The van der Waals surface area contributed by atoms with Crippen LogP contribution >= 0.6 is 0 Å². The van der Waals surface area contributed by atoms with Crippen LogP contribution < -0.4 is 5.32 Å². The molecule has 1 rings (SSSR count). The van der Waals surface area contributed by atoms with Crippen molar-refractivity contribution < 1.29 is 8.42 Å². The van der Waals surface area contributed by atoms with Gasteiger partial charge in [0.25, 0.3) is 0 Å². The summed E-state index contributed by atoms with van der Waals surface area (Å²) in [5.41, 5.74) is 1.38. The second-order valence-corrected chi connectivity index (χ2v) is 7.96. The van der Waals surface area contributed by atoms with Crippen molar-refractivity contribution >= 4 is 10.0 Å². The number of hydrogen-bond acceptors (Lipinski definition) is 3. The van der Waals surface area contributed by atoms with Gasteiger partial charge in [-0.25, -0.2) is 8.42 Å². The van der Waals surface area contributed by atoms with E-state index in [0.29, 0.717) is 11.4 Å². The number of benzene rings is 1. The van der Waals surface area contributed by atoms with Gasteiger partial charge in [0.15, 0.2) is 0 Å². The van der Waals surface area contributed by atoms with Gasteiger partial charge in [-0.05, 0) is 50.9 Å². The van der Waals surface area contributed by atoms with E-state index in [4.69, 9.17) is 0 Å². The monoisotopic (exact) mass is 312 g/mol. The molecule has 0 unspecified atom stereocenters. The molecule has 1 aromatic carbocycles. The molecule has 0 fully saturated rings. The summed E-state index contributed by atoms with van der Waals surface area (Å²) in [6.45, 7) is 11.3. The second kappa shape index (κ2) is 6.90. The lowest BCUT2D eigenvalue weighted by molar-refractivity contribution is 0.257. The van der Waals surface area contributed by atoms with Gasteiger partial charge in [-0.2, -0.15) is 4.31 Å². The first-order valence-electron chi connectivity index (χ1n) is 7.46. The van der Waals surface area contributed by atoms with E-state index < -0.39 is 15.6 Å².